The van der Waals surface area contributed by atoms with Crippen molar-refractivity contribution in [3.05, 3.63) is 52.8 Å². The van der Waals surface area contributed by atoms with Crippen LogP contribution in [0.3, 0.4) is 0 Å². The SMILES string of the molecule is Cc1ccc(/C=N\NC(=O)c2cc(C(C)(C)C)[nH]n2)cc1. The Morgan fingerprint density at radius 1 is 1.29 bits per heavy atom. The number of carbonyl (C=O) groups is 1. The number of hydrazone groups is 1. The summed E-state index contributed by atoms with van der Waals surface area (Å²) in [6.45, 7) is 8.18. The van der Waals surface area contributed by atoms with E-state index in [9.17, 15) is 4.79 Å². The lowest BCUT2D eigenvalue weighted by atomic mass is 9.92. The van der Waals surface area contributed by atoms with Crippen molar-refractivity contribution >= 4 is 12.1 Å². The number of H-pyrrole nitrogens is 1. The Kier molecular flexibility index (Phi) is 4.21. The molecule has 2 N–H and O–H groups in total. The van der Waals surface area contributed by atoms with Crippen LogP contribution in [0.15, 0.2) is 35.4 Å². The molecule has 0 bridgehead atoms. The van der Waals surface area contributed by atoms with E-state index in [4.69, 9.17) is 0 Å². The summed E-state index contributed by atoms with van der Waals surface area (Å²) >= 11 is 0. The van der Waals surface area contributed by atoms with Gasteiger partial charge in [-0.3, -0.25) is 9.89 Å². The van der Waals surface area contributed by atoms with Crippen molar-refractivity contribution in [3.8, 4) is 0 Å². The smallest absolute Gasteiger partial charge is 0.281 e. The molecule has 1 aromatic carbocycles. The van der Waals surface area contributed by atoms with Crippen LogP contribution >= 0.6 is 0 Å². The fraction of sp³-hybridized carbons (Fsp3) is 0.312. The molecule has 0 fully saturated rings. The molecule has 0 aliphatic carbocycles. The van der Waals surface area contributed by atoms with E-state index in [-0.39, 0.29) is 11.3 Å². The number of nitrogens with zero attached hydrogens (tertiary/aromatic N) is 2. The van der Waals surface area contributed by atoms with Crippen molar-refractivity contribution < 1.29 is 4.79 Å². The van der Waals surface area contributed by atoms with Gasteiger partial charge < -0.3 is 0 Å². The molecule has 1 amide bonds. The second-order valence-corrected chi connectivity index (χ2v) is 6.03. The summed E-state index contributed by atoms with van der Waals surface area (Å²) in [6.07, 6.45) is 1.61. The molecule has 1 aromatic heterocycles. The molecule has 5 nitrogen and oxygen atoms in total. The molecule has 0 aliphatic heterocycles. The van der Waals surface area contributed by atoms with Crippen LogP contribution in [0.2, 0.25) is 0 Å². The van der Waals surface area contributed by atoms with Gasteiger partial charge in [0.15, 0.2) is 5.69 Å². The van der Waals surface area contributed by atoms with Crippen molar-refractivity contribution in [1.29, 1.82) is 0 Å². The number of hydrogen-bond donors (Lipinski definition) is 2. The van der Waals surface area contributed by atoms with Crippen molar-refractivity contribution in [2.24, 2.45) is 5.10 Å². The first-order chi connectivity index (χ1) is 9.86. The van der Waals surface area contributed by atoms with E-state index in [1.54, 1.807) is 12.3 Å². The molecule has 0 radical (unpaired) electrons. The summed E-state index contributed by atoms with van der Waals surface area (Å²) in [7, 11) is 0. The number of amides is 1. The van der Waals surface area contributed by atoms with E-state index >= 15 is 0 Å². The number of carbonyl (C=O) groups excluding carboxylic acids is 1. The number of aromatic amines is 1. The Labute approximate surface area is 124 Å². The van der Waals surface area contributed by atoms with Gasteiger partial charge >= 0.3 is 0 Å². The third kappa shape index (κ3) is 4.02. The van der Waals surface area contributed by atoms with Gasteiger partial charge in [-0.05, 0) is 18.6 Å². The largest absolute Gasteiger partial charge is 0.291 e. The van der Waals surface area contributed by atoms with Crippen LogP contribution in [0.25, 0.3) is 0 Å². The summed E-state index contributed by atoms with van der Waals surface area (Å²) in [5.41, 5.74) is 5.76. The maximum absolute atomic E-state index is 11.9. The Balaban J connectivity index is 1.98. The van der Waals surface area contributed by atoms with E-state index in [0.717, 1.165) is 11.3 Å². The van der Waals surface area contributed by atoms with Crippen LogP contribution in [0.1, 0.15) is 48.1 Å². The van der Waals surface area contributed by atoms with Gasteiger partial charge in [0.1, 0.15) is 0 Å². The van der Waals surface area contributed by atoms with Gasteiger partial charge in [0.2, 0.25) is 0 Å². The van der Waals surface area contributed by atoms with E-state index in [0.29, 0.717) is 5.69 Å². The zero-order valence-electron chi connectivity index (χ0n) is 12.8. The third-order valence-electron chi connectivity index (χ3n) is 3.08. The van der Waals surface area contributed by atoms with Crippen LogP contribution < -0.4 is 5.43 Å². The molecule has 2 aromatic rings. The van der Waals surface area contributed by atoms with Crippen LogP contribution in [-0.2, 0) is 5.41 Å². The number of rotatable bonds is 3. The molecule has 5 heteroatoms. The van der Waals surface area contributed by atoms with Gasteiger partial charge in [0, 0.05) is 11.1 Å². The molecule has 0 atom stereocenters. The Bertz CT molecular complexity index is 648. The average Bonchev–Trinajstić information content (AvgIpc) is 2.90. The first-order valence-electron chi connectivity index (χ1n) is 6.82. The Morgan fingerprint density at radius 3 is 2.52 bits per heavy atom. The maximum Gasteiger partial charge on any atom is 0.291 e. The van der Waals surface area contributed by atoms with Gasteiger partial charge in [0.25, 0.3) is 5.91 Å². The molecular weight excluding hydrogens is 264 g/mol. The number of hydrogen-bond acceptors (Lipinski definition) is 3. The highest BCUT2D eigenvalue weighted by Gasteiger charge is 2.18. The van der Waals surface area contributed by atoms with Gasteiger partial charge in [-0.25, -0.2) is 5.43 Å². The van der Waals surface area contributed by atoms with Crippen molar-refractivity contribution in [3.63, 3.8) is 0 Å². The monoisotopic (exact) mass is 284 g/mol. The van der Waals surface area contributed by atoms with Crippen LogP contribution in [0.4, 0.5) is 0 Å². The minimum Gasteiger partial charge on any atom is -0.281 e. The molecule has 2 rings (SSSR count). The van der Waals surface area contributed by atoms with E-state index in [1.807, 2.05) is 31.2 Å². The first-order valence-corrected chi connectivity index (χ1v) is 6.82. The molecular formula is C16H20N4O. The quantitative estimate of drug-likeness (QED) is 0.672. The molecule has 110 valence electrons. The Morgan fingerprint density at radius 2 is 1.95 bits per heavy atom. The lowest BCUT2D eigenvalue weighted by Crippen LogP contribution is -2.18. The zero-order valence-corrected chi connectivity index (χ0v) is 12.8. The highest BCUT2D eigenvalue weighted by Crippen LogP contribution is 2.20. The summed E-state index contributed by atoms with van der Waals surface area (Å²) in [5.74, 6) is -0.329. The Hall–Kier alpha value is -2.43. The highest BCUT2D eigenvalue weighted by atomic mass is 16.2. The minimum absolute atomic E-state index is 0.0727. The fourth-order valence-electron chi connectivity index (χ4n) is 1.70. The second kappa shape index (κ2) is 5.91. The number of nitrogens with one attached hydrogen (secondary N) is 2. The molecule has 0 spiro atoms. The minimum atomic E-state index is -0.329. The predicted octanol–water partition coefficient (Wildman–Crippen LogP) is 2.78. The molecule has 1 heterocycles. The van der Waals surface area contributed by atoms with Crippen molar-refractivity contribution in [1.82, 2.24) is 15.6 Å². The lowest BCUT2D eigenvalue weighted by Gasteiger charge is -2.14. The predicted molar refractivity (Wildman–Crippen MR) is 83.5 cm³/mol. The summed E-state index contributed by atoms with van der Waals surface area (Å²) < 4.78 is 0. The second-order valence-electron chi connectivity index (χ2n) is 6.03. The fourth-order valence-corrected chi connectivity index (χ4v) is 1.70. The summed E-state index contributed by atoms with van der Waals surface area (Å²) in [4.78, 5) is 11.9. The van der Waals surface area contributed by atoms with E-state index in [2.05, 4.69) is 41.5 Å². The lowest BCUT2D eigenvalue weighted by molar-refractivity contribution is 0.0950. The van der Waals surface area contributed by atoms with Crippen molar-refractivity contribution in [2.45, 2.75) is 33.1 Å². The van der Waals surface area contributed by atoms with E-state index in [1.165, 1.54) is 5.56 Å². The molecule has 0 saturated carbocycles. The number of benzene rings is 1. The molecule has 0 saturated heterocycles. The third-order valence-corrected chi connectivity index (χ3v) is 3.08. The maximum atomic E-state index is 11.9. The standard InChI is InChI=1S/C16H20N4O/c1-11-5-7-12(8-6-11)10-17-20-15(21)13-9-14(19-18-13)16(2,3)4/h5-10H,1-4H3,(H,18,19)(H,20,21)/b17-10-. The average molecular weight is 284 g/mol. The molecule has 21 heavy (non-hydrogen) atoms. The van der Waals surface area contributed by atoms with Gasteiger partial charge in [-0.1, -0.05) is 50.6 Å². The number of aromatic nitrogens is 2. The van der Waals surface area contributed by atoms with Crippen LogP contribution in [0, 0.1) is 6.92 Å². The number of aryl methyl sites for hydroxylation is 1. The highest BCUT2D eigenvalue weighted by molar-refractivity contribution is 5.93. The summed E-state index contributed by atoms with van der Waals surface area (Å²) in [6, 6.07) is 9.62. The van der Waals surface area contributed by atoms with E-state index < -0.39 is 0 Å². The zero-order chi connectivity index (χ0) is 15.5. The van der Waals surface area contributed by atoms with Crippen LogP contribution in [0.5, 0.6) is 0 Å². The van der Waals surface area contributed by atoms with Gasteiger partial charge in [-0.2, -0.15) is 10.2 Å². The summed E-state index contributed by atoms with van der Waals surface area (Å²) in [5, 5.41) is 10.8. The van der Waals surface area contributed by atoms with Crippen molar-refractivity contribution in [2.75, 3.05) is 0 Å². The first kappa shape index (κ1) is 15.0. The topological polar surface area (TPSA) is 70.1 Å². The van der Waals surface area contributed by atoms with Gasteiger partial charge in [0.05, 0.1) is 6.21 Å². The van der Waals surface area contributed by atoms with Gasteiger partial charge in [-0.15, -0.1) is 0 Å². The molecule has 0 aliphatic rings. The molecule has 0 unspecified atom stereocenters. The normalized spacial score (nSPS) is 11.8. The van der Waals surface area contributed by atoms with Crippen LogP contribution in [-0.4, -0.2) is 22.3 Å².